The first-order chi connectivity index (χ1) is 12.7. The molecule has 1 aromatic heterocycles. The van der Waals surface area contributed by atoms with Crippen molar-refractivity contribution in [2.75, 3.05) is 25.0 Å². The van der Waals surface area contributed by atoms with Gasteiger partial charge in [0.15, 0.2) is 0 Å². The molecule has 1 saturated carbocycles. The smallest absolute Gasteiger partial charge is 0.267 e. The fraction of sp³-hybridized carbons (Fsp3) is 0.632. The third-order valence-corrected chi connectivity index (χ3v) is 5.37. The Balaban J connectivity index is 1.45. The molecule has 2 aliphatic rings. The Morgan fingerprint density at radius 3 is 2.81 bits per heavy atom. The van der Waals surface area contributed by atoms with Gasteiger partial charge in [0, 0.05) is 18.7 Å². The number of nitrogens with one attached hydrogen (secondary N) is 2. The summed E-state index contributed by atoms with van der Waals surface area (Å²) in [6.07, 6.45) is 15.4. The van der Waals surface area contributed by atoms with Crippen molar-refractivity contribution < 1.29 is 10.0 Å². The van der Waals surface area contributed by atoms with Crippen molar-refractivity contribution in [2.24, 2.45) is 5.92 Å². The second-order valence-corrected chi connectivity index (χ2v) is 7.36. The van der Waals surface area contributed by atoms with E-state index < -0.39 is 5.91 Å². The number of anilines is 1. The molecular formula is C19H29N5O2. The van der Waals surface area contributed by atoms with Crippen molar-refractivity contribution in [1.82, 2.24) is 20.3 Å². The van der Waals surface area contributed by atoms with E-state index in [9.17, 15) is 4.79 Å². The number of hydrogen-bond donors (Lipinski definition) is 3. The summed E-state index contributed by atoms with van der Waals surface area (Å²) in [5.74, 6) is 1.12. The lowest BCUT2D eigenvalue weighted by Gasteiger charge is -2.33. The number of carbonyl (C=O) groups is 1. The molecule has 0 bridgehead atoms. The van der Waals surface area contributed by atoms with E-state index in [2.05, 4.69) is 20.2 Å². The van der Waals surface area contributed by atoms with Crippen LogP contribution < -0.4 is 10.8 Å². The maximum Gasteiger partial charge on any atom is 0.267 e. The minimum atomic E-state index is -0.589. The molecule has 1 saturated heterocycles. The molecule has 142 valence electrons. The Kier molecular flexibility index (Phi) is 6.96. The third-order valence-electron chi connectivity index (χ3n) is 5.37. The van der Waals surface area contributed by atoms with Gasteiger partial charge in [-0.3, -0.25) is 15.0 Å². The third kappa shape index (κ3) is 5.78. The Hall–Kier alpha value is -1.99. The van der Waals surface area contributed by atoms with Gasteiger partial charge in [-0.15, -0.1) is 0 Å². The van der Waals surface area contributed by atoms with Gasteiger partial charge in [0.2, 0.25) is 0 Å². The fourth-order valence-electron chi connectivity index (χ4n) is 3.95. The summed E-state index contributed by atoms with van der Waals surface area (Å²) in [6.45, 7) is 3.48. The zero-order chi connectivity index (χ0) is 18.2. The molecule has 0 radical (unpaired) electrons. The van der Waals surface area contributed by atoms with E-state index in [0.29, 0.717) is 11.7 Å². The molecule has 0 aromatic carbocycles. The highest BCUT2D eigenvalue weighted by atomic mass is 16.5. The van der Waals surface area contributed by atoms with Gasteiger partial charge in [-0.1, -0.05) is 25.7 Å². The minimum Gasteiger partial charge on any atom is -0.365 e. The summed E-state index contributed by atoms with van der Waals surface area (Å²) in [4.78, 5) is 22.2. The normalized spacial score (nSPS) is 22.0. The predicted molar refractivity (Wildman–Crippen MR) is 101 cm³/mol. The zero-order valence-electron chi connectivity index (χ0n) is 15.2. The molecule has 3 N–H and O–H groups in total. The van der Waals surface area contributed by atoms with Crippen LogP contribution in [-0.4, -0.2) is 51.7 Å². The summed E-state index contributed by atoms with van der Waals surface area (Å²) in [7, 11) is 0. The fourth-order valence-corrected chi connectivity index (χ4v) is 3.95. The van der Waals surface area contributed by atoms with Crippen molar-refractivity contribution in [3.8, 4) is 0 Å². The number of aromatic nitrogens is 2. The van der Waals surface area contributed by atoms with Crippen LogP contribution >= 0.6 is 0 Å². The first-order valence-electron chi connectivity index (χ1n) is 9.66. The van der Waals surface area contributed by atoms with Crippen LogP contribution in [0.25, 0.3) is 6.08 Å². The van der Waals surface area contributed by atoms with Crippen LogP contribution in [0.2, 0.25) is 0 Å². The van der Waals surface area contributed by atoms with E-state index in [1.54, 1.807) is 17.9 Å². The molecule has 1 aliphatic heterocycles. The number of nitrogens with zero attached hydrogens (tertiary/aromatic N) is 3. The van der Waals surface area contributed by atoms with E-state index in [-0.39, 0.29) is 0 Å². The van der Waals surface area contributed by atoms with Crippen molar-refractivity contribution in [2.45, 2.75) is 51.0 Å². The monoisotopic (exact) mass is 359 g/mol. The molecule has 7 nitrogen and oxygen atoms in total. The number of hydrogen-bond acceptors (Lipinski definition) is 6. The maximum atomic E-state index is 11.0. The minimum absolute atomic E-state index is 0.406. The zero-order valence-corrected chi connectivity index (χ0v) is 15.2. The van der Waals surface area contributed by atoms with Crippen LogP contribution in [-0.2, 0) is 4.79 Å². The van der Waals surface area contributed by atoms with Crippen molar-refractivity contribution in [1.29, 1.82) is 0 Å². The van der Waals surface area contributed by atoms with Gasteiger partial charge in [-0.25, -0.2) is 10.5 Å². The van der Waals surface area contributed by atoms with Gasteiger partial charge in [-0.05, 0) is 44.3 Å². The molecule has 26 heavy (non-hydrogen) atoms. The summed E-state index contributed by atoms with van der Waals surface area (Å²) in [5.41, 5.74) is 2.11. The van der Waals surface area contributed by atoms with Crippen molar-refractivity contribution in [3.05, 3.63) is 24.2 Å². The highest BCUT2D eigenvalue weighted by Gasteiger charge is 2.22. The van der Waals surface area contributed by atoms with E-state index >= 15 is 0 Å². The molecule has 2 fully saturated rings. The van der Waals surface area contributed by atoms with Crippen LogP contribution in [0.3, 0.4) is 0 Å². The van der Waals surface area contributed by atoms with Crippen LogP contribution in [0.4, 0.5) is 5.82 Å². The van der Waals surface area contributed by atoms with Gasteiger partial charge < -0.3 is 10.2 Å². The standard InChI is InChI=1S/C19H29N5O2/c25-19(23-26)8-7-16-12-21-18(13-20-16)22-17-6-3-10-24(14-17)11-9-15-4-1-2-5-15/h7-8,12-13,15,17,26H,1-6,9-11,14H2,(H,21,22)(H,23,25)/t17-/m1/s1. The van der Waals surface area contributed by atoms with E-state index in [1.807, 2.05) is 0 Å². The molecule has 3 rings (SSSR count). The highest BCUT2D eigenvalue weighted by Crippen LogP contribution is 2.28. The Labute approximate surface area is 154 Å². The second-order valence-electron chi connectivity index (χ2n) is 7.36. The highest BCUT2D eigenvalue weighted by molar-refractivity contribution is 5.90. The quantitative estimate of drug-likeness (QED) is 0.394. The topological polar surface area (TPSA) is 90.4 Å². The van der Waals surface area contributed by atoms with Crippen molar-refractivity contribution in [3.63, 3.8) is 0 Å². The Bertz CT molecular complexity index is 598. The van der Waals surface area contributed by atoms with Crippen molar-refractivity contribution >= 4 is 17.8 Å². The molecule has 0 spiro atoms. The molecule has 7 heteroatoms. The van der Waals surface area contributed by atoms with E-state index in [4.69, 9.17) is 5.21 Å². The van der Waals surface area contributed by atoms with Crippen LogP contribution in [0, 0.1) is 5.92 Å². The summed E-state index contributed by atoms with van der Waals surface area (Å²) >= 11 is 0. The number of piperidine rings is 1. The Morgan fingerprint density at radius 2 is 2.08 bits per heavy atom. The molecule has 1 aliphatic carbocycles. The van der Waals surface area contributed by atoms with Crippen LogP contribution in [0.1, 0.15) is 50.6 Å². The summed E-state index contributed by atoms with van der Waals surface area (Å²) in [6, 6.07) is 0.406. The number of hydroxylamine groups is 1. The second kappa shape index (κ2) is 9.64. The lowest BCUT2D eigenvalue weighted by Crippen LogP contribution is -2.42. The average molecular weight is 359 g/mol. The summed E-state index contributed by atoms with van der Waals surface area (Å²) in [5, 5.41) is 11.9. The number of likely N-dealkylation sites (tertiary alicyclic amines) is 1. The lowest BCUT2D eigenvalue weighted by atomic mass is 10.0. The summed E-state index contributed by atoms with van der Waals surface area (Å²) < 4.78 is 0. The molecule has 0 unspecified atom stereocenters. The van der Waals surface area contributed by atoms with Crippen LogP contribution in [0.5, 0.6) is 0 Å². The molecule has 1 atom stereocenters. The number of rotatable bonds is 7. The lowest BCUT2D eigenvalue weighted by molar-refractivity contribution is -0.124. The van der Waals surface area contributed by atoms with Crippen LogP contribution in [0.15, 0.2) is 18.5 Å². The van der Waals surface area contributed by atoms with E-state index in [1.165, 1.54) is 63.8 Å². The predicted octanol–water partition coefficient (Wildman–Crippen LogP) is 2.45. The molecule has 1 amide bonds. The first kappa shape index (κ1) is 18.8. The van der Waals surface area contributed by atoms with Gasteiger partial charge in [0.25, 0.3) is 5.91 Å². The maximum absolute atomic E-state index is 11.0. The first-order valence-corrected chi connectivity index (χ1v) is 9.66. The van der Waals surface area contributed by atoms with Gasteiger partial charge in [0.05, 0.1) is 18.1 Å². The van der Waals surface area contributed by atoms with Gasteiger partial charge >= 0.3 is 0 Å². The number of amides is 1. The van der Waals surface area contributed by atoms with Gasteiger partial charge in [-0.2, -0.15) is 0 Å². The number of carbonyl (C=O) groups excluding carboxylic acids is 1. The van der Waals surface area contributed by atoms with Gasteiger partial charge in [0.1, 0.15) is 5.82 Å². The average Bonchev–Trinajstić information content (AvgIpc) is 3.19. The van der Waals surface area contributed by atoms with E-state index in [0.717, 1.165) is 24.7 Å². The molecular weight excluding hydrogens is 330 g/mol. The molecule has 2 heterocycles. The largest absolute Gasteiger partial charge is 0.365 e. The SMILES string of the molecule is O=C(C=Cc1cnc(N[C@@H]2CCCN(CCC3CCCC3)C2)cn1)NO. The Morgan fingerprint density at radius 1 is 1.23 bits per heavy atom. The molecule has 1 aromatic rings.